The lowest BCUT2D eigenvalue weighted by molar-refractivity contribution is -0.137. The largest absolute Gasteiger partial charge is 0.481 e. The van der Waals surface area contributed by atoms with Crippen molar-refractivity contribution in [3.05, 3.63) is 0 Å². The molecule has 6 heteroatoms. The van der Waals surface area contributed by atoms with Crippen LogP contribution in [0, 0.1) is 0 Å². The Morgan fingerprint density at radius 3 is 2.50 bits per heavy atom. The molecule has 0 aliphatic heterocycles. The van der Waals surface area contributed by atoms with Crippen molar-refractivity contribution in [3.8, 4) is 0 Å². The average Bonchev–Trinajstić information content (AvgIpc) is 1.85. The van der Waals surface area contributed by atoms with E-state index >= 15 is 0 Å². The van der Waals surface area contributed by atoms with E-state index in [1.54, 1.807) is 6.92 Å². The van der Waals surface area contributed by atoms with Crippen molar-refractivity contribution < 1.29 is 23.5 Å². The number of hydrogen-bond acceptors (Lipinski definition) is 4. The molecule has 0 amide bonds. The van der Waals surface area contributed by atoms with Gasteiger partial charge in [-0.25, -0.2) is 0 Å². The Morgan fingerprint density at radius 2 is 2.08 bits per heavy atom. The minimum Gasteiger partial charge on any atom is -0.481 e. The van der Waals surface area contributed by atoms with Gasteiger partial charge in [0.15, 0.2) is 0 Å². The first-order valence-electron chi connectivity index (χ1n) is 3.56. The number of aliphatic carboxylic acids is 1. The van der Waals surface area contributed by atoms with Gasteiger partial charge in [-0.1, -0.05) is 0 Å². The van der Waals surface area contributed by atoms with Crippen LogP contribution in [-0.4, -0.2) is 31.0 Å². The average molecular weight is 196 g/mol. The second-order valence-electron chi connectivity index (χ2n) is 2.17. The second-order valence-corrected chi connectivity index (χ2v) is 4.23. The molecule has 0 aromatic carbocycles. The van der Waals surface area contributed by atoms with Gasteiger partial charge in [-0.05, 0) is 6.92 Å². The Hall–Kier alpha value is -0.380. The SMILES string of the molecule is CCOP(C)(=O)OCCC(=O)O. The van der Waals surface area contributed by atoms with Crippen molar-refractivity contribution in [3.63, 3.8) is 0 Å². The molecular formula is C6H13O5P. The van der Waals surface area contributed by atoms with Crippen molar-refractivity contribution in [1.29, 1.82) is 0 Å². The van der Waals surface area contributed by atoms with E-state index in [-0.39, 0.29) is 13.0 Å². The summed E-state index contributed by atoms with van der Waals surface area (Å²) in [6.07, 6.45) is -0.162. The van der Waals surface area contributed by atoms with Crippen LogP contribution in [0.4, 0.5) is 0 Å². The van der Waals surface area contributed by atoms with E-state index in [0.717, 1.165) is 0 Å². The van der Waals surface area contributed by atoms with E-state index in [2.05, 4.69) is 0 Å². The van der Waals surface area contributed by atoms with Gasteiger partial charge in [0.2, 0.25) is 0 Å². The van der Waals surface area contributed by atoms with Crippen LogP contribution in [0.2, 0.25) is 0 Å². The predicted octanol–water partition coefficient (Wildman–Crippen LogP) is 1.34. The van der Waals surface area contributed by atoms with Crippen LogP contribution in [-0.2, 0) is 18.4 Å². The third kappa shape index (κ3) is 6.34. The van der Waals surface area contributed by atoms with Crippen LogP contribution in [0.5, 0.6) is 0 Å². The van der Waals surface area contributed by atoms with Gasteiger partial charge >= 0.3 is 13.6 Å². The summed E-state index contributed by atoms with van der Waals surface area (Å²) in [5, 5.41) is 8.23. The first kappa shape index (κ1) is 11.6. The van der Waals surface area contributed by atoms with Gasteiger partial charge in [0.25, 0.3) is 0 Å². The highest BCUT2D eigenvalue weighted by molar-refractivity contribution is 7.52. The molecule has 0 radical (unpaired) electrons. The van der Waals surface area contributed by atoms with Crippen molar-refractivity contribution in [2.45, 2.75) is 13.3 Å². The number of carboxylic acid groups (broad SMARTS) is 1. The van der Waals surface area contributed by atoms with Crippen molar-refractivity contribution in [2.24, 2.45) is 0 Å². The minimum absolute atomic E-state index is 0.0802. The Labute approximate surface area is 71.2 Å². The highest BCUT2D eigenvalue weighted by atomic mass is 31.2. The Balaban J connectivity index is 3.61. The van der Waals surface area contributed by atoms with Gasteiger partial charge in [-0.2, -0.15) is 0 Å². The lowest BCUT2D eigenvalue weighted by atomic mass is 10.5. The molecule has 0 heterocycles. The molecule has 0 fully saturated rings. The molecule has 72 valence electrons. The van der Waals surface area contributed by atoms with Crippen LogP contribution in [0.1, 0.15) is 13.3 Å². The zero-order chi connectivity index (χ0) is 9.61. The molecule has 0 saturated carbocycles. The Kier molecular flexibility index (Phi) is 5.13. The van der Waals surface area contributed by atoms with Crippen molar-refractivity contribution >= 4 is 13.6 Å². The van der Waals surface area contributed by atoms with Crippen LogP contribution >= 0.6 is 7.60 Å². The van der Waals surface area contributed by atoms with Gasteiger partial charge in [0.1, 0.15) is 0 Å². The van der Waals surface area contributed by atoms with Crippen molar-refractivity contribution in [1.82, 2.24) is 0 Å². The van der Waals surface area contributed by atoms with Gasteiger partial charge in [-0.3, -0.25) is 9.36 Å². The van der Waals surface area contributed by atoms with Crippen molar-refractivity contribution in [2.75, 3.05) is 19.9 Å². The highest BCUT2D eigenvalue weighted by Crippen LogP contribution is 2.43. The first-order valence-corrected chi connectivity index (χ1v) is 5.55. The number of hydrogen-bond donors (Lipinski definition) is 1. The lowest BCUT2D eigenvalue weighted by Crippen LogP contribution is -2.02. The third-order valence-corrected chi connectivity index (χ3v) is 2.38. The lowest BCUT2D eigenvalue weighted by Gasteiger charge is -2.11. The maximum Gasteiger partial charge on any atom is 0.327 e. The molecule has 0 aromatic heterocycles. The van der Waals surface area contributed by atoms with Crippen LogP contribution in [0.25, 0.3) is 0 Å². The summed E-state index contributed by atoms with van der Waals surface area (Å²) < 4.78 is 20.6. The quantitative estimate of drug-likeness (QED) is 0.649. The fourth-order valence-corrected chi connectivity index (χ4v) is 1.54. The molecule has 0 bridgehead atoms. The normalized spacial score (nSPS) is 15.5. The summed E-state index contributed by atoms with van der Waals surface area (Å²) in [6.45, 7) is 3.22. The van der Waals surface area contributed by atoms with E-state index < -0.39 is 13.6 Å². The maximum atomic E-state index is 11.2. The van der Waals surface area contributed by atoms with Crippen LogP contribution < -0.4 is 0 Å². The highest BCUT2D eigenvalue weighted by Gasteiger charge is 2.15. The number of carboxylic acids is 1. The summed E-state index contributed by atoms with van der Waals surface area (Å²) in [4.78, 5) is 10.0. The van der Waals surface area contributed by atoms with Crippen LogP contribution in [0.3, 0.4) is 0 Å². The van der Waals surface area contributed by atoms with E-state index in [0.29, 0.717) is 6.61 Å². The predicted molar refractivity (Wildman–Crippen MR) is 43.4 cm³/mol. The molecule has 0 aliphatic carbocycles. The smallest absolute Gasteiger partial charge is 0.327 e. The molecular weight excluding hydrogens is 183 g/mol. The summed E-state index contributed by atoms with van der Waals surface area (Å²) >= 11 is 0. The summed E-state index contributed by atoms with van der Waals surface area (Å²) in [6, 6.07) is 0. The number of carbonyl (C=O) groups is 1. The van der Waals surface area contributed by atoms with E-state index in [4.69, 9.17) is 14.2 Å². The third-order valence-electron chi connectivity index (χ3n) is 1.01. The molecule has 12 heavy (non-hydrogen) atoms. The molecule has 0 aliphatic rings. The van der Waals surface area contributed by atoms with E-state index in [9.17, 15) is 9.36 Å². The van der Waals surface area contributed by atoms with E-state index in [1.807, 2.05) is 0 Å². The summed E-state index contributed by atoms with van der Waals surface area (Å²) in [5.74, 6) is -0.980. The van der Waals surface area contributed by atoms with Crippen LogP contribution in [0.15, 0.2) is 0 Å². The molecule has 5 nitrogen and oxygen atoms in total. The molecule has 1 atom stereocenters. The first-order chi connectivity index (χ1) is 5.48. The monoisotopic (exact) mass is 196 g/mol. The topological polar surface area (TPSA) is 72.8 Å². The standard InChI is InChI=1S/C6H13O5P/c1-3-10-12(2,9)11-5-4-6(7)8/h3-5H2,1-2H3,(H,7,8). The van der Waals surface area contributed by atoms with E-state index in [1.165, 1.54) is 6.66 Å². The second kappa shape index (κ2) is 5.30. The molecule has 0 aromatic rings. The van der Waals surface area contributed by atoms with Gasteiger partial charge in [0, 0.05) is 6.66 Å². The maximum absolute atomic E-state index is 11.2. The zero-order valence-corrected chi connectivity index (χ0v) is 8.04. The fourth-order valence-electron chi connectivity index (χ4n) is 0.571. The Bertz CT molecular complexity index is 190. The molecule has 0 saturated heterocycles. The summed E-state index contributed by atoms with van der Waals surface area (Å²) in [5.41, 5.74) is 0. The molecule has 0 spiro atoms. The fraction of sp³-hybridized carbons (Fsp3) is 0.833. The van der Waals surface area contributed by atoms with Gasteiger partial charge in [0.05, 0.1) is 19.6 Å². The minimum atomic E-state index is -3.01. The zero-order valence-electron chi connectivity index (χ0n) is 7.15. The molecule has 1 unspecified atom stereocenters. The number of rotatable bonds is 6. The molecule has 1 N–H and O–H groups in total. The Morgan fingerprint density at radius 1 is 1.50 bits per heavy atom. The summed E-state index contributed by atoms with van der Waals surface area (Å²) in [7, 11) is -3.01. The van der Waals surface area contributed by atoms with Gasteiger partial charge < -0.3 is 14.2 Å². The van der Waals surface area contributed by atoms with Gasteiger partial charge in [-0.15, -0.1) is 0 Å². The molecule has 0 rings (SSSR count).